The summed E-state index contributed by atoms with van der Waals surface area (Å²) >= 11 is 12.0. The molecule has 0 saturated carbocycles. The summed E-state index contributed by atoms with van der Waals surface area (Å²) in [6.07, 6.45) is 0. The zero-order chi connectivity index (χ0) is 17.5. The van der Waals surface area contributed by atoms with Gasteiger partial charge in [0.25, 0.3) is 0 Å². The second-order valence-electron chi connectivity index (χ2n) is 6.01. The molecule has 2 aromatic carbocycles. The normalized spacial score (nSPS) is 10.9. The molecule has 0 heterocycles. The van der Waals surface area contributed by atoms with E-state index in [1.54, 1.807) is 13.2 Å². The fraction of sp³-hybridized carbons (Fsp3) is 0.368. The summed E-state index contributed by atoms with van der Waals surface area (Å²) in [6.45, 7) is 6.44. The van der Waals surface area contributed by atoms with Crippen molar-refractivity contribution in [1.29, 1.82) is 0 Å². The van der Waals surface area contributed by atoms with E-state index in [1.165, 1.54) is 0 Å². The lowest BCUT2D eigenvalue weighted by Crippen LogP contribution is -2.19. The Morgan fingerprint density at radius 2 is 1.88 bits per heavy atom. The molecule has 0 unspecified atom stereocenters. The molecule has 0 atom stereocenters. The van der Waals surface area contributed by atoms with Gasteiger partial charge in [0, 0.05) is 12.1 Å². The molecule has 0 bridgehead atoms. The maximum absolute atomic E-state index is 6.06. The number of ether oxygens (including phenoxy) is 2. The van der Waals surface area contributed by atoms with Crippen LogP contribution in [-0.2, 0) is 13.2 Å². The largest absolute Gasteiger partial charge is 0.493 e. The minimum atomic E-state index is 0.397. The monoisotopic (exact) mass is 367 g/mol. The number of hydrogen-bond donors (Lipinski definition) is 1. The summed E-state index contributed by atoms with van der Waals surface area (Å²) in [5, 5.41) is 4.50. The predicted octanol–water partition coefficient (Wildman–Crippen LogP) is 5.33. The molecule has 0 aliphatic heterocycles. The SMILES string of the molecule is COc1cccc(CNCC(C)C)c1OCc1ccc(Cl)c(Cl)c1. The summed E-state index contributed by atoms with van der Waals surface area (Å²) in [5.41, 5.74) is 2.02. The Morgan fingerprint density at radius 3 is 2.54 bits per heavy atom. The molecule has 0 radical (unpaired) electrons. The first-order chi connectivity index (χ1) is 11.5. The average Bonchev–Trinajstić information content (AvgIpc) is 2.56. The smallest absolute Gasteiger partial charge is 0.166 e. The predicted molar refractivity (Wildman–Crippen MR) is 100 cm³/mol. The molecule has 5 heteroatoms. The third-order valence-electron chi connectivity index (χ3n) is 3.52. The van der Waals surface area contributed by atoms with Crippen LogP contribution in [0, 0.1) is 5.92 Å². The van der Waals surface area contributed by atoms with E-state index in [-0.39, 0.29) is 0 Å². The fourth-order valence-corrected chi connectivity index (χ4v) is 2.63. The van der Waals surface area contributed by atoms with Gasteiger partial charge >= 0.3 is 0 Å². The second kappa shape index (κ2) is 9.16. The van der Waals surface area contributed by atoms with E-state index in [4.69, 9.17) is 32.7 Å². The molecule has 0 amide bonds. The van der Waals surface area contributed by atoms with Crippen LogP contribution in [-0.4, -0.2) is 13.7 Å². The zero-order valence-electron chi connectivity index (χ0n) is 14.2. The van der Waals surface area contributed by atoms with Gasteiger partial charge in [-0.25, -0.2) is 0 Å². The van der Waals surface area contributed by atoms with Crippen molar-refractivity contribution in [1.82, 2.24) is 5.32 Å². The fourth-order valence-electron chi connectivity index (χ4n) is 2.31. The average molecular weight is 368 g/mol. The molecule has 0 spiro atoms. The van der Waals surface area contributed by atoms with Crippen molar-refractivity contribution >= 4 is 23.2 Å². The van der Waals surface area contributed by atoms with Gasteiger partial charge in [0.2, 0.25) is 0 Å². The van der Waals surface area contributed by atoms with Gasteiger partial charge in [0.05, 0.1) is 17.2 Å². The van der Waals surface area contributed by atoms with E-state index in [2.05, 4.69) is 19.2 Å². The van der Waals surface area contributed by atoms with E-state index in [1.807, 2.05) is 30.3 Å². The van der Waals surface area contributed by atoms with Crippen molar-refractivity contribution in [2.24, 2.45) is 5.92 Å². The molecule has 0 fully saturated rings. The van der Waals surface area contributed by atoms with Crippen LogP contribution in [0.25, 0.3) is 0 Å². The molecule has 130 valence electrons. The van der Waals surface area contributed by atoms with Crippen LogP contribution in [0.2, 0.25) is 10.0 Å². The van der Waals surface area contributed by atoms with Gasteiger partial charge in [-0.05, 0) is 36.2 Å². The highest BCUT2D eigenvalue weighted by Gasteiger charge is 2.11. The van der Waals surface area contributed by atoms with Crippen LogP contribution < -0.4 is 14.8 Å². The summed E-state index contributed by atoms with van der Waals surface area (Å²) in [5.74, 6) is 2.07. The molecule has 1 N–H and O–H groups in total. The first kappa shape index (κ1) is 18.9. The van der Waals surface area contributed by atoms with Gasteiger partial charge in [0.1, 0.15) is 6.61 Å². The van der Waals surface area contributed by atoms with Gasteiger partial charge in [-0.1, -0.05) is 55.2 Å². The van der Waals surface area contributed by atoms with Crippen LogP contribution in [0.5, 0.6) is 11.5 Å². The van der Waals surface area contributed by atoms with Crippen molar-refractivity contribution < 1.29 is 9.47 Å². The Bertz CT molecular complexity index is 674. The summed E-state index contributed by atoms with van der Waals surface area (Å²) < 4.78 is 11.5. The van der Waals surface area contributed by atoms with Crippen molar-refractivity contribution in [3.05, 3.63) is 57.6 Å². The molecule has 0 aliphatic rings. The quantitative estimate of drug-likeness (QED) is 0.684. The van der Waals surface area contributed by atoms with Crippen molar-refractivity contribution in [3.8, 4) is 11.5 Å². The number of hydrogen-bond acceptors (Lipinski definition) is 3. The first-order valence-electron chi connectivity index (χ1n) is 7.94. The third kappa shape index (κ3) is 5.30. The van der Waals surface area contributed by atoms with E-state index in [9.17, 15) is 0 Å². The second-order valence-corrected chi connectivity index (χ2v) is 6.82. The number of methoxy groups -OCH3 is 1. The topological polar surface area (TPSA) is 30.5 Å². The molecule has 2 rings (SSSR count). The van der Waals surface area contributed by atoms with Gasteiger partial charge in [0.15, 0.2) is 11.5 Å². The van der Waals surface area contributed by atoms with Crippen molar-refractivity contribution in [3.63, 3.8) is 0 Å². The highest BCUT2D eigenvalue weighted by Crippen LogP contribution is 2.32. The van der Waals surface area contributed by atoms with Crippen molar-refractivity contribution in [2.45, 2.75) is 27.0 Å². The summed E-state index contributed by atoms with van der Waals surface area (Å²) in [6, 6.07) is 11.4. The lowest BCUT2D eigenvalue weighted by molar-refractivity contribution is 0.280. The molecule has 0 aliphatic carbocycles. The summed E-state index contributed by atoms with van der Waals surface area (Å²) in [7, 11) is 1.65. The van der Waals surface area contributed by atoms with Crippen molar-refractivity contribution in [2.75, 3.05) is 13.7 Å². The maximum Gasteiger partial charge on any atom is 0.166 e. The third-order valence-corrected chi connectivity index (χ3v) is 4.25. The number of nitrogens with one attached hydrogen (secondary N) is 1. The van der Waals surface area contributed by atoms with E-state index in [0.717, 1.165) is 35.7 Å². The number of benzene rings is 2. The van der Waals surface area contributed by atoms with E-state index < -0.39 is 0 Å². The Hall–Kier alpha value is -1.42. The van der Waals surface area contributed by atoms with Gasteiger partial charge < -0.3 is 14.8 Å². The molecule has 0 saturated heterocycles. The Labute approximate surface area is 153 Å². The van der Waals surface area contributed by atoms with Crippen LogP contribution >= 0.6 is 23.2 Å². The minimum Gasteiger partial charge on any atom is -0.493 e. The molecular formula is C19H23Cl2NO2. The van der Waals surface area contributed by atoms with E-state index in [0.29, 0.717) is 22.6 Å². The zero-order valence-corrected chi connectivity index (χ0v) is 15.7. The lowest BCUT2D eigenvalue weighted by atomic mass is 10.1. The van der Waals surface area contributed by atoms with Crippen LogP contribution in [0.3, 0.4) is 0 Å². The Morgan fingerprint density at radius 1 is 1.08 bits per heavy atom. The van der Waals surface area contributed by atoms with E-state index >= 15 is 0 Å². The van der Waals surface area contributed by atoms with Gasteiger partial charge in [-0.2, -0.15) is 0 Å². The lowest BCUT2D eigenvalue weighted by Gasteiger charge is -2.16. The maximum atomic E-state index is 6.06. The Kier molecular flexibility index (Phi) is 7.22. The standard InChI is InChI=1S/C19H23Cl2NO2/c1-13(2)10-22-11-15-5-4-6-18(23-3)19(15)24-12-14-7-8-16(20)17(21)9-14/h4-9,13,22H,10-12H2,1-3H3. The molecule has 24 heavy (non-hydrogen) atoms. The van der Waals surface area contributed by atoms with Crippen LogP contribution in [0.15, 0.2) is 36.4 Å². The number of halogens is 2. The van der Waals surface area contributed by atoms with Gasteiger partial charge in [-0.3, -0.25) is 0 Å². The molecular weight excluding hydrogens is 345 g/mol. The van der Waals surface area contributed by atoms with Crippen LogP contribution in [0.4, 0.5) is 0 Å². The summed E-state index contributed by atoms with van der Waals surface area (Å²) in [4.78, 5) is 0. The molecule has 2 aromatic rings. The first-order valence-corrected chi connectivity index (χ1v) is 8.70. The van der Waals surface area contributed by atoms with Gasteiger partial charge in [-0.15, -0.1) is 0 Å². The minimum absolute atomic E-state index is 0.397. The number of rotatable bonds is 8. The van der Waals surface area contributed by atoms with Crippen LogP contribution in [0.1, 0.15) is 25.0 Å². The number of para-hydroxylation sites is 1. The molecule has 0 aromatic heterocycles. The molecule has 3 nitrogen and oxygen atoms in total. The highest BCUT2D eigenvalue weighted by atomic mass is 35.5. The Balaban J connectivity index is 2.12. The highest BCUT2D eigenvalue weighted by molar-refractivity contribution is 6.42.